The van der Waals surface area contributed by atoms with Gasteiger partial charge in [0.2, 0.25) is 0 Å². The molecule has 0 N–H and O–H groups in total. The predicted octanol–water partition coefficient (Wildman–Crippen LogP) is 8.04. The van der Waals surface area contributed by atoms with Crippen molar-refractivity contribution < 1.29 is 19.1 Å². The normalized spacial score (nSPS) is 14.4. The SMILES string of the molecule is C=C/C(=C\C(=C/C)Cn1c(C(=O)OCC)c(-c2ccc(C(C)(C)C)cc2)c2cc(C(=O)C3CC3)ccc21)OC. The van der Waals surface area contributed by atoms with E-state index in [-0.39, 0.29) is 23.7 Å². The highest BCUT2D eigenvalue weighted by Crippen LogP contribution is 2.39. The Hall–Kier alpha value is -3.86. The van der Waals surface area contributed by atoms with Gasteiger partial charge in [-0.05, 0) is 79.2 Å². The summed E-state index contributed by atoms with van der Waals surface area (Å²) in [6, 6.07) is 14.2. The van der Waals surface area contributed by atoms with Crippen molar-refractivity contribution in [2.75, 3.05) is 13.7 Å². The van der Waals surface area contributed by atoms with Gasteiger partial charge in [0, 0.05) is 34.5 Å². The van der Waals surface area contributed by atoms with E-state index in [4.69, 9.17) is 9.47 Å². The smallest absolute Gasteiger partial charge is 0.355 e. The van der Waals surface area contributed by atoms with E-state index < -0.39 is 5.97 Å². The van der Waals surface area contributed by atoms with Gasteiger partial charge >= 0.3 is 5.97 Å². The molecule has 1 aromatic heterocycles. The molecule has 3 aromatic rings. The molecule has 1 fully saturated rings. The van der Waals surface area contributed by atoms with E-state index in [0.717, 1.165) is 40.4 Å². The standard InChI is InChI=1S/C34H39NO4/c1-8-22(19-27(9-2)38-7)21-35-29-18-15-25(32(36)24-11-12-24)20-28(29)30(31(35)33(37)39-10-3)23-13-16-26(17-14-23)34(4,5)6/h8-9,13-20,24H,2,10-12,21H2,1,3-7H3/b22-8+,27-19+. The molecule has 0 aliphatic heterocycles. The minimum Gasteiger partial charge on any atom is -0.497 e. The van der Waals surface area contributed by atoms with Crippen molar-refractivity contribution in [3.8, 4) is 11.1 Å². The van der Waals surface area contributed by atoms with Crippen molar-refractivity contribution in [2.24, 2.45) is 5.92 Å². The number of Topliss-reactive ketones (excluding diaryl/α,β-unsaturated/α-hetero) is 1. The number of ether oxygens (including phenoxy) is 2. The summed E-state index contributed by atoms with van der Waals surface area (Å²) in [5.74, 6) is 0.514. The molecular formula is C34H39NO4. The van der Waals surface area contributed by atoms with Gasteiger partial charge in [-0.3, -0.25) is 4.79 Å². The first kappa shape index (κ1) is 28.2. The lowest BCUT2D eigenvalue weighted by Crippen LogP contribution is -2.14. The Morgan fingerprint density at radius 1 is 1.10 bits per heavy atom. The van der Waals surface area contributed by atoms with E-state index >= 15 is 0 Å². The van der Waals surface area contributed by atoms with E-state index in [1.54, 1.807) is 13.2 Å². The van der Waals surface area contributed by atoms with Crippen LogP contribution in [0.2, 0.25) is 0 Å². The second-order valence-electron chi connectivity index (χ2n) is 11.0. The fourth-order valence-corrected chi connectivity index (χ4v) is 4.88. The minimum atomic E-state index is -0.395. The van der Waals surface area contributed by atoms with E-state index in [1.807, 2.05) is 48.8 Å². The number of methoxy groups -OCH3 is 1. The lowest BCUT2D eigenvalue weighted by atomic mass is 9.86. The molecule has 1 heterocycles. The van der Waals surface area contributed by atoms with E-state index in [9.17, 15) is 9.59 Å². The Balaban J connectivity index is 2.00. The zero-order chi connectivity index (χ0) is 28.3. The molecule has 1 saturated carbocycles. The third-order valence-electron chi connectivity index (χ3n) is 7.28. The predicted molar refractivity (Wildman–Crippen MR) is 158 cm³/mol. The number of aromatic nitrogens is 1. The number of benzene rings is 2. The molecule has 0 unspecified atom stereocenters. The number of fused-ring (bicyclic) bond motifs is 1. The first-order valence-electron chi connectivity index (χ1n) is 13.6. The Kier molecular flexibility index (Phi) is 8.29. The molecule has 5 nitrogen and oxygen atoms in total. The highest BCUT2D eigenvalue weighted by molar-refractivity contribution is 6.11. The molecule has 1 aliphatic rings. The molecule has 39 heavy (non-hydrogen) atoms. The third-order valence-corrected chi connectivity index (χ3v) is 7.28. The summed E-state index contributed by atoms with van der Waals surface area (Å²) < 4.78 is 13.0. The van der Waals surface area contributed by atoms with Crippen LogP contribution in [0.1, 0.15) is 73.9 Å². The average Bonchev–Trinajstić information content (AvgIpc) is 3.72. The Bertz CT molecular complexity index is 1460. The van der Waals surface area contributed by atoms with Gasteiger partial charge < -0.3 is 14.0 Å². The summed E-state index contributed by atoms with van der Waals surface area (Å²) in [7, 11) is 1.60. The molecule has 0 atom stereocenters. The van der Waals surface area contributed by atoms with Crippen molar-refractivity contribution in [2.45, 2.75) is 59.4 Å². The highest BCUT2D eigenvalue weighted by Gasteiger charge is 2.32. The first-order valence-corrected chi connectivity index (χ1v) is 13.6. The van der Waals surface area contributed by atoms with E-state index in [2.05, 4.69) is 51.6 Å². The average molecular weight is 526 g/mol. The van der Waals surface area contributed by atoms with Crippen molar-refractivity contribution in [3.63, 3.8) is 0 Å². The van der Waals surface area contributed by atoms with Crippen LogP contribution < -0.4 is 0 Å². The second-order valence-corrected chi connectivity index (χ2v) is 11.0. The molecule has 4 rings (SSSR count). The molecular weight excluding hydrogens is 486 g/mol. The Morgan fingerprint density at radius 3 is 2.33 bits per heavy atom. The maximum atomic E-state index is 13.6. The Morgan fingerprint density at radius 2 is 1.79 bits per heavy atom. The van der Waals surface area contributed by atoms with Gasteiger partial charge in [-0.15, -0.1) is 0 Å². The van der Waals surface area contributed by atoms with Gasteiger partial charge in [-0.2, -0.15) is 0 Å². The summed E-state index contributed by atoms with van der Waals surface area (Å²) in [5, 5.41) is 0.864. The number of rotatable bonds is 10. The van der Waals surface area contributed by atoms with E-state index in [1.165, 1.54) is 5.56 Å². The van der Waals surface area contributed by atoms with Crippen LogP contribution in [0.3, 0.4) is 0 Å². The Labute approximate surface area is 231 Å². The van der Waals surface area contributed by atoms with Crippen LogP contribution in [-0.4, -0.2) is 30.0 Å². The summed E-state index contributed by atoms with van der Waals surface area (Å²) in [4.78, 5) is 26.7. The number of hydrogen-bond donors (Lipinski definition) is 0. The van der Waals surface area contributed by atoms with Gasteiger partial charge in [0.25, 0.3) is 0 Å². The number of nitrogens with zero attached hydrogens (tertiary/aromatic N) is 1. The molecule has 0 amide bonds. The molecule has 1 aliphatic carbocycles. The zero-order valence-corrected chi connectivity index (χ0v) is 24.0. The molecule has 204 valence electrons. The highest BCUT2D eigenvalue weighted by atomic mass is 16.5. The zero-order valence-electron chi connectivity index (χ0n) is 24.0. The molecule has 5 heteroatoms. The molecule has 0 saturated heterocycles. The van der Waals surface area contributed by atoms with Gasteiger partial charge in [0.05, 0.1) is 13.7 Å². The minimum absolute atomic E-state index is 0.00226. The number of hydrogen-bond acceptors (Lipinski definition) is 4. The van der Waals surface area contributed by atoms with Gasteiger partial charge in [0.15, 0.2) is 5.78 Å². The van der Waals surface area contributed by atoms with Crippen LogP contribution in [0, 0.1) is 5.92 Å². The monoisotopic (exact) mass is 525 g/mol. The van der Waals surface area contributed by atoms with Crippen LogP contribution in [0.5, 0.6) is 0 Å². The second kappa shape index (κ2) is 11.5. The summed E-state index contributed by atoms with van der Waals surface area (Å²) in [6.45, 7) is 14.8. The maximum Gasteiger partial charge on any atom is 0.355 e. The number of esters is 1. The van der Waals surface area contributed by atoms with Crippen LogP contribution in [-0.2, 0) is 21.4 Å². The fourth-order valence-electron chi connectivity index (χ4n) is 4.88. The quantitative estimate of drug-likeness (QED) is 0.116. The number of allylic oxidation sites excluding steroid dienone is 4. The number of carbonyl (C=O) groups excluding carboxylic acids is 2. The van der Waals surface area contributed by atoms with Crippen molar-refractivity contribution in [1.29, 1.82) is 0 Å². The van der Waals surface area contributed by atoms with E-state index in [0.29, 0.717) is 23.6 Å². The summed E-state index contributed by atoms with van der Waals surface area (Å²) in [5.41, 5.74) is 5.86. The van der Waals surface area contributed by atoms with Crippen LogP contribution in [0.25, 0.3) is 22.0 Å². The number of ketones is 1. The van der Waals surface area contributed by atoms with Gasteiger partial charge in [-0.25, -0.2) is 4.79 Å². The first-order chi connectivity index (χ1) is 18.6. The fraction of sp³-hybridized carbons (Fsp3) is 0.353. The largest absolute Gasteiger partial charge is 0.497 e. The lowest BCUT2D eigenvalue weighted by molar-refractivity contribution is 0.0516. The molecule has 0 radical (unpaired) electrons. The van der Waals surface area contributed by atoms with Crippen LogP contribution in [0.4, 0.5) is 0 Å². The van der Waals surface area contributed by atoms with Crippen LogP contribution >= 0.6 is 0 Å². The molecule has 2 aromatic carbocycles. The maximum absolute atomic E-state index is 13.6. The number of carbonyl (C=O) groups is 2. The van der Waals surface area contributed by atoms with Crippen molar-refractivity contribution >= 4 is 22.7 Å². The topological polar surface area (TPSA) is 57.5 Å². The summed E-state index contributed by atoms with van der Waals surface area (Å²) >= 11 is 0. The molecule has 0 bridgehead atoms. The molecule has 0 spiro atoms. The van der Waals surface area contributed by atoms with Crippen molar-refractivity contribution in [1.82, 2.24) is 4.57 Å². The van der Waals surface area contributed by atoms with Crippen LogP contribution in [0.15, 0.2) is 78.6 Å². The van der Waals surface area contributed by atoms with Crippen molar-refractivity contribution in [3.05, 3.63) is 95.4 Å². The lowest BCUT2D eigenvalue weighted by Gasteiger charge is -2.19. The summed E-state index contributed by atoms with van der Waals surface area (Å²) in [6.07, 6.45) is 7.44. The van der Waals surface area contributed by atoms with Gasteiger partial charge in [-0.1, -0.05) is 57.7 Å². The van der Waals surface area contributed by atoms with Gasteiger partial charge in [0.1, 0.15) is 11.5 Å². The third kappa shape index (κ3) is 5.93.